The summed E-state index contributed by atoms with van der Waals surface area (Å²) in [5, 5.41) is 7.64. The van der Waals surface area contributed by atoms with Gasteiger partial charge in [0.2, 0.25) is 10.0 Å². The van der Waals surface area contributed by atoms with Crippen LogP contribution in [-0.2, 0) is 14.8 Å². The molecule has 0 saturated carbocycles. The maximum Gasteiger partial charge on any atom is 0.251 e. The van der Waals surface area contributed by atoms with Crippen molar-refractivity contribution in [3.05, 3.63) is 29.3 Å². The van der Waals surface area contributed by atoms with Gasteiger partial charge in [-0.15, -0.1) is 0 Å². The van der Waals surface area contributed by atoms with Crippen LogP contribution in [0, 0.1) is 6.92 Å². The summed E-state index contributed by atoms with van der Waals surface area (Å²) < 4.78 is 27.3. The minimum atomic E-state index is -3.81. The molecule has 0 fully saturated rings. The topological polar surface area (TPSA) is 98.5 Å². The molecule has 1 aromatic rings. The molecule has 18 heavy (non-hydrogen) atoms. The van der Waals surface area contributed by atoms with Crippen LogP contribution < -0.4 is 10.5 Å². The first kappa shape index (κ1) is 14.6. The lowest BCUT2D eigenvalue weighted by Crippen LogP contribution is -2.27. The summed E-state index contributed by atoms with van der Waals surface area (Å²) in [7, 11) is -2.29. The van der Waals surface area contributed by atoms with Gasteiger partial charge in [-0.2, -0.15) is 0 Å². The Morgan fingerprint density at radius 2 is 2.06 bits per heavy atom. The number of nitrogens with two attached hydrogens (primary N) is 1. The Bertz CT molecular complexity index is 540. The molecule has 0 spiro atoms. The molecule has 0 aliphatic rings. The van der Waals surface area contributed by atoms with Crippen molar-refractivity contribution in [3.63, 3.8) is 0 Å². The van der Waals surface area contributed by atoms with Crippen LogP contribution in [0.1, 0.15) is 15.9 Å². The Morgan fingerprint density at radius 1 is 1.39 bits per heavy atom. The molecule has 1 aromatic carbocycles. The molecule has 3 N–H and O–H groups in total. The van der Waals surface area contributed by atoms with E-state index < -0.39 is 10.0 Å². The summed E-state index contributed by atoms with van der Waals surface area (Å²) in [6.45, 7) is 2.44. The van der Waals surface area contributed by atoms with Crippen LogP contribution >= 0.6 is 0 Å². The average Bonchev–Trinajstić information content (AvgIpc) is 2.27. The summed E-state index contributed by atoms with van der Waals surface area (Å²) in [6.07, 6.45) is 0. The minimum absolute atomic E-state index is 0.0700. The highest BCUT2D eigenvalue weighted by Gasteiger charge is 2.13. The Labute approximate surface area is 106 Å². The highest BCUT2D eigenvalue weighted by atomic mass is 32.2. The van der Waals surface area contributed by atoms with Crippen molar-refractivity contribution in [2.75, 3.05) is 20.3 Å². The van der Waals surface area contributed by atoms with E-state index in [1.54, 1.807) is 13.0 Å². The molecule has 0 unspecified atom stereocenters. The number of methoxy groups -OCH3 is 1. The van der Waals surface area contributed by atoms with E-state index in [4.69, 9.17) is 9.88 Å². The standard InChI is InChI=1S/C11H16N2O4S/c1-8-5-9(11(14)13-3-4-17-2)7-10(6-8)18(12,15)16/h5-7H,3-4H2,1-2H3,(H,13,14)(H2,12,15,16). The third-order valence-corrected chi connectivity index (χ3v) is 3.13. The molecule has 7 heteroatoms. The van der Waals surface area contributed by atoms with E-state index in [2.05, 4.69) is 5.32 Å². The summed E-state index contributed by atoms with van der Waals surface area (Å²) in [6, 6.07) is 4.27. The molecule has 0 aliphatic carbocycles. The molecule has 0 aliphatic heterocycles. The number of aryl methyl sites for hydroxylation is 1. The number of ether oxygens (including phenoxy) is 1. The van der Waals surface area contributed by atoms with Crippen molar-refractivity contribution in [1.29, 1.82) is 0 Å². The van der Waals surface area contributed by atoms with Gasteiger partial charge in [-0.1, -0.05) is 0 Å². The van der Waals surface area contributed by atoms with Gasteiger partial charge < -0.3 is 10.1 Å². The van der Waals surface area contributed by atoms with Gasteiger partial charge in [0.05, 0.1) is 11.5 Å². The molecule has 0 atom stereocenters. The number of carbonyl (C=O) groups excluding carboxylic acids is 1. The fourth-order valence-electron chi connectivity index (χ4n) is 1.41. The highest BCUT2D eigenvalue weighted by molar-refractivity contribution is 7.89. The molecule has 1 rings (SSSR count). The summed E-state index contributed by atoms with van der Waals surface area (Å²) in [5.74, 6) is -0.361. The Kier molecular flexibility index (Phi) is 4.83. The van der Waals surface area contributed by atoms with Gasteiger partial charge in [-0.05, 0) is 30.7 Å². The van der Waals surface area contributed by atoms with Crippen LogP contribution in [0.4, 0.5) is 0 Å². The molecular weight excluding hydrogens is 256 g/mol. The quantitative estimate of drug-likeness (QED) is 0.738. The van der Waals surface area contributed by atoms with E-state index in [0.29, 0.717) is 18.7 Å². The largest absolute Gasteiger partial charge is 0.383 e. The zero-order chi connectivity index (χ0) is 13.8. The van der Waals surface area contributed by atoms with Gasteiger partial charge in [0.1, 0.15) is 0 Å². The van der Waals surface area contributed by atoms with Crippen molar-refractivity contribution in [2.45, 2.75) is 11.8 Å². The lowest BCUT2D eigenvalue weighted by Gasteiger charge is -2.07. The molecule has 0 bridgehead atoms. The van der Waals surface area contributed by atoms with E-state index >= 15 is 0 Å². The third kappa shape index (κ3) is 4.10. The van der Waals surface area contributed by atoms with Crippen LogP contribution in [0.25, 0.3) is 0 Å². The number of sulfonamides is 1. The van der Waals surface area contributed by atoms with Gasteiger partial charge in [-0.25, -0.2) is 13.6 Å². The van der Waals surface area contributed by atoms with Crippen LogP contribution in [0.5, 0.6) is 0 Å². The SMILES string of the molecule is COCCNC(=O)c1cc(C)cc(S(N)(=O)=O)c1. The minimum Gasteiger partial charge on any atom is -0.383 e. The predicted octanol–water partition coefficient (Wildman–Crippen LogP) is 0.0186. The smallest absolute Gasteiger partial charge is 0.251 e. The molecule has 0 aromatic heterocycles. The summed E-state index contributed by atoms with van der Waals surface area (Å²) >= 11 is 0. The van der Waals surface area contributed by atoms with Gasteiger partial charge in [-0.3, -0.25) is 4.79 Å². The number of hydrogen-bond acceptors (Lipinski definition) is 4. The maximum atomic E-state index is 11.7. The molecular formula is C11H16N2O4S. The number of carbonyl (C=O) groups is 1. The van der Waals surface area contributed by atoms with E-state index in [1.165, 1.54) is 19.2 Å². The van der Waals surface area contributed by atoms with Gasteiger partial charge in [0.25, 0.3) is 5.91 Å². The molecule has 6 nitrogen and oxygen atoms in total. The fourth-order valence-corrected chi connectivity index (χ4v) is 2.05. The normalized spacial score (nSPS) is 11.3. The van der Waals surface area contributed by atoms with Crippen molar-refractivity contribution in [2.24, 2.45) is 5.14 Å². The molecule has 100 valence electrons. The second-order valence-electron chi connectivity index (χ2n) is 3.83. The van der Waals surface area contributed by atoms with E-state index in [1.807, 2.05) is 0 Å². The lowest BCUT2D eigenvalue weighted by molar-refractivity contribution is 0.0937. The Balaban J connectivity index is 2.96. The average molecular weight is 272 g/mol. The van der Waals surface area contributed by atoms with Crippen molar-refractivity contribution in [1.82, 2.24) is 5.32 Å². The van der Waals surface area contributed by atoms with Crippen molar-refractivity contribution >= 4 is 15.9 Å². The summed E-state index contributed by atoms with van der Waals surface area (Å²) in [4.78, 5) is 11.7. The van der Waals surface area contributed by atoms with Gasteiger partial charge in [0.15, 0.2) is 0 Å². The molecule has 0 radical (unpaired) electrons. The van der Waals surface area contributed by atoms with Crippen LogP contribution in [0.15, 0.2) is 23.1 Å². The zero-order valence-electron chi connectivity index (χ0n) is 10.3. The molecule has 0 heterocycles. The van der Waals surface area contributed by atoms with Crippen LogP contribution in [0.2, 0.25) is 0 Å². The number of hydrogen-bond donors (Lipinski definition) is 2. The first-order chi connectivity index (χ1) is 8.34. The second-order valence-corrected chi connectivity index (χ2v) is 5.39. The van der Waals surface area contributed by atoms with E-state index in [9.17, 15) is 13.2 Å². The fraction of sp³-hybridized carbons (Fsp3) is 0.364. The lowest BCUT2D eigenvalue weighted by atomic mass is 10.1. The second kappa shape index (κ2) is 5.94. The maximum absolute atomic E-state index is 11.7. The van der Waals surface area contributed by atoms with Crippen molar-refractivity contribution < 1.29 is 17.9 Å². The van der Waals surface area contributed by atoms with Gasteiger partial charge in [0, 0.05) is 19.2 Å². The monoisotopic (exact) mass is 272 g/mol. The zero-order valence-corrected chi connectivity index (χ0v) is 11.1. The predicted molar refractivity (Wildman–Crippen MR) is 66.8 cm³/mol. The Hall–Kier alpha value is -1.44. The Morgan fingerprint density at radius 3 is 2.61 bits per heavy atom. The third-order valence-electron chi connectivity index (χ3n) is 2.23. The number of primary sulfonamides is 1. The number of amides is 1. The first-order valence-electron chi connectivity index (χ1n) is 5.26. The molecule has 0 saturated heterocycles. The number of rotatable bonds is 5. The number of nitrogens with one attached hydrogen (secondary N) is 1. The van der Waals surface area contributed by atoms with Gasteiger partial charge >= 0.3 is 0 Å². The number of benzene rings is 1. The van der Waals surface area contributed by atoms with E-state index in [-0.39, 0.29) is 16.4 Å². The van der Waals surface area contributed by atoms with E-state index in [0.717, 1.165) is 0 Å². The van der Waals surface area contributed by atoms with Crippen molar-refractivity contribution in [3.8, 4) is 0 Å². The highest BCUT2D eigenvalue weighted by Crippen LogP contribution is 2.13. The van der Waals surface area contributed by atoms with Crippen LogP contribution in [0.3, 0.4) is 0 Å². The first-order valence-corrected chi connectivity index (χ1v) is 6.81. The van der Waals surface area contributed by atoms with Crippen LogP contribution in [-0.4, -0.2) is 34.6 Å². The molecule has 1 amide bonds. The summed E-state index contributed by atoms with van der Waals surface area (Å²) in [5.41, 5.74) is 0.911.